The molecule has 0 saturated heterocycles. The first-order chi connectivity index (χ1) is 19.4. The third kappa shape index (κ3) is 5.76. The van der Waals surface area contributed by atoms with E-state index in [0.29, 0.717) is 20.6 Å². The zero-order valence-electron chi connectivity index (χ0n) is 21.5. The van der Waals surface area contributed by atoms with Crippen molar-refractivity contribution in [2.45, 2.75) is 13.0 Å². The highest BCUT2D eigenvalue weighted by molar-refractivity contribution is 9.10. The van der Waals surface area contributed by atoms with Gasteiger partial charge in [-0.15, -0.1) is 0 Å². The summed E-state index contributed by atoms with van der Waals surface area (Å²) in [4.78, 5) is 44.4. The molecule has 1 aliphatic rings. The smallest absolute Gasteiger partial charge is 0.379 e. The van der Waals surface area contributed by atoms with E-state index in [0.717, 1.165) is 10.0 Å². The van der Waals surface area contributed by atoms with Gasteiger partial charge in [0.25, 0.3) is 5.56 Å². The average Bonchev–Trinajstić information content (AvgIpc) is 3.57. The van der Waals surface area contributed by atoms with Gasteiger partial charge in [-0.1, -0.05) is 51.5 Å². The van der Waals surface area contributed by atoms with Crippen LogP contribution in [0.3, 0.4) is 0 Å². The van der Waals surface area contributed by atoms with Crippen LogP contribution in [-0.4, -0.2) is 36.8 Å². The minimum absolute atomic E-state index is 0.0494. The maximum absolute atomic E-state index is 13.8. The fourth-order valence-electron chi connectivity index (χ4n) is 4.21. The minimum atomic E-state index is -0.814. The first kappa shape index (κ1) is 27.5. The van der Waals surface area contributed by atoms with E-state index >= 15 is 0 Å². The predicted molar refractivity (Wildman–Crippen MR) is 151 cm³/mol. The van der Waals surface area contributed by atoms with Gasteiger partial charge in [0, 0.05) is 11.6 Å². The van der Waals surface area contributed by atoms with Gasteiger partial charge >= 0.3 is 11.9 Å². The largest absolute Gasteiger partial charge is 0.460 e. The van der Waals surface area contributed by atoms with Gasteiger partial charge in [-0.05, 0) is 60.5 Å². The number of carbonyl (C=O) groups excluding carboxylic acids is 2. The highest BCUT2D eigenvalue weighted by atomic mass is 79.9. The number of thiazole rings is 1. The maximum Gasteiger partial charge on any atom is 0.379 e. The fourth-order valence-corrected chi connectivity index (χ4v) is 5.68. The summed E-state index contributed by atoms with van der Waals surface area (Å²) in [7, 11) is 1.51. The lowest BCUT2D eigenvalue weighted by Gasteiger charge is -2.25. The quantitative estimate of drug-likeness (QED) is 0.166. The summed E-state index contributed by atoms with van der Waals surface area (Å²) in [6.07, 6.45) is 3.17. The van der Waals surface area contributed by atoms with Gasteiger partial charge in [0.1, 0.15) is 12.4 Å². The Bertz CT molecular complexity index is 1770. The lowest BCUT2D eigenvalue weighted by atomic mass is 9.96. The Balaban J connectivity index is 1.57. The van der Waals surface area contributed by atoms with Gasteiger partial charge in [0.15, 0.2) is 4.80 Å². The van der Waals surface area contributed by atoms with Crippen molar-refractivity contribution in [1.82, 2.24) is 4.57 Å². The van der Waals surface area contributed by atoms with Gasteiger partial charge in [0.05, 0.1) is 34.7 Å². The Morgan fingerprint density at radius 1 is 1.10 bits per heavy atom. The molecule has 0 aliphatic carbocycles. The summed E-state index contributed by atoms with van der Waals surface area (Å²) in [6, 6.07) is 16.4. The van der Waals surface area contributed by atoms with Gasteiger partial charge in [0.2, 0.25) is 5.76 Å². The standard InChI is InChI=1S/C29H23BrN2O7S/c1-17-24(28(35)38-14-13-36-2)25(19-8-10-21(11-9-19)39-27(34)22-7-4-12-37-22)32-26(33)23(40-29(32)31-17)16-18-5-3-6-20(30)15-18/h3-12,15-16,25H,13-14H2,1-2H3/b23-16-/t25-/m0/s1. The van der Waals surface area contributed by atoms with Gasteiger partial charge in [-0.2, -0.15) is 0 Å². The molecule has 5 rings (SSSR count). The van der Waals surface area contributed by atoms with E-state index in [1.165, 1.54) is 35.3 Å². The zero-order chi connectivity index (χ0) is 28.2. The molecule has 2 aromatic carbocycles. The molecule has 1 aliphatic heterocycles. The number of ether oxygens (including phenoxy) is 3. The molecular weight excluding hydrogens is 600 g/mol. The number of esters is 2. The van der Waals surface area contributed by atoms with Crippen molar-refractivity contribution in [3.05, 3.63) is 119 Å². The summed E-state index contributed by atoms with van der Waals surface area (Å²) in [5.74, 6) is -0.896. The van der Waals surface area contributed by atoms with E-state index in [-0.39, 0.29) is 35.9 Å². The summed E-state index contributed by atoms with van der Waals surface area (Å²) < 4.78 is 23.8. The molecule has 2 aromatic heterocycles. The van der Waals surface area contributed by atoms with Gasteiger partial charge < -0.3 is 18.6 Å². The number of fused-ring (bicyclic) bond motifs is 1. The molecule has 0 saturated carbocycles. The second kappa shape index (κ2) is 12.0. The second-order valence-electron chi connectivity index (χ2n) is 8.70. The molecular formula is C29H23BrN2O7S. The van der Waals surface area contributed by atoms with E-state index in [1.54, 1.807) is 43.3 Å². The summed E-state index contributed by atoms with van der Waals surface area (Å²) in [5, 5.41) is 0. The number of halogens is 1. The number of nitrogens with zero attached hydrogens (tertiary/aromatic N) is 2. The Morgan fingerprint density at radius 3 is 2.60 bits per heavy atom. The first-order valence-electron chi connectivity index (χ1n) is 12.2. The molecule has 9 nitrogen and oxygen atoms in total. The van der Waals surface area contributed by atoms with Crippen LogP contribution in [0.15, 0.2) is 96.9 Å². The molecule has 204 valence electrons. The van der Waals surface area contributed by atoms with Gasteiger partial charge in [-0.3, -0.25) is 9.36 Å². The number of allylic oxidation sites excluding steroid dienone is 1. The topological polar surface area (TPSA) is 109 Å². The second-order valence-corrected chi connectivity index (χ2v) is 10.6. The number of methoxy groups -OCH3 is 1. The summed E-state index contributed by atoms with van der Waals surface area (Å²) in [6.45, 7) is 1.99. The average molecular weight is 623 g/mol. The van der Waals surface area contributed by atoms with Crippen LogP contribution in [0.4, 0.5) is 0 Å². The monoisotopic (exact) mass is 622 g/mol. The number of aromatic nitrogens is 1. The predicted octanol–water partition coefficient (Wildman–Crippen LogP) is 4.00. The molecule has 4 aromatic rings. The van der Waals surface area contributed by atoms with E-state index in [4.69, 9.17) is 18.6 Å². The molecule has 0 bridgehead atoms. The van der Waals surface area contributed by atoms with Crippen molar-refractivity contribution in [2.75, 3.05) is 20.3 Å². The molecule has 0 fully saturated rings. The maximum atomic E-state index is 13.8. The Labute approximate surface area is 240 Å². The van der Waals surface area contributed by atoms with E-state index in [2.05, 4.69) is 20.9 Å². The molecule has 0 N–H and O–H groups in total. The van der Waals surface area contributed by atoms with Crippen LogP contribution < -0.4 is 19.6 Å². The third-order valence-corrected chi connectivity index (χ3v) is 7.51. The van der Waals surface area contributed by atoms with Crippen LogP contribution in [0.5, 0.6) is 5.75 Å². The number of carbonyl (C=O) groups is 2. The van der Waals surface area contributed by atoms with E-state index < -0.39 is 18.0 Å². The Hall–Kier alpha value is -4.06. The number of hydrogen-bond acceptors (Lipinski definition) is 9. The summed E-state index contributed by atoms with van der Waals surface area (Å²) in [5.41, 5.74) is 1.83. The SMILES string of the molecule is COCCOC(=O)C1=C(C)N=c2s/c(=C\c3cccc(Br)c3)c(=O)n2[C@H]1c1ccc(OC(=O)c2ccco2)cc1. The molecule has 3 heterocycles. The van der Waals surface area contributed by atoms with Crippen molar-refractivity contribution in [2.24, 2.45) is 4.99 Å². The van der Waals surface area contributed by atoms with Crippen molar-refractivity contribution < 1.29 is 28.2 Å². The van der Waals surface area contributed by atoms with Crippen LogP contribution in [-0.2, 0) is 14.3 Å². The van der Waals surface area contributed by atoms with Crippen LogP contribution in [0.1, 0.15) is 34.6 Å². The number of benzene rings is 2. The fraction of sp³-hybridized carbons (Fsp3) is 0.172. The first-order valence-corrected chi connectivity index (χ1v) is 13.8. The molecule has 40 heavy (non-hydrogen) atoms. The van der Waals surface area contributed by atoms with Gasteiger partial charge in [-0.25, -0.2) is 14.6 Å². The zero-order valence-corrected chi connectivity index (χ0v) is 23.9. The lowest BCUT2D eigenvalue weighted by Crippen LogP contribution is -2.40. The van der Waals surface area contributed by atoms with Crippen molar-refractivity contribution in [3.63, 3.8) is 0 Å². The normalized spacial score (nSPS) is 15.0. The van der Waals surface area contributed by atoms with Crippen LogP contribution in [0.2, 0.25) is 0 Å². The third-order valence-electron chi connectivity index (χ3n) is 6.04. The Morgan fingerprint density at radius 2 is 1.90 bits per heavy atom. The van der Waals surface area contributed by atoms with Crippen LogP contribution >= 0.6 is 27.3 Å². The number of rotatable bonds is 8. The number of furan rings is 1. The highest BCUT2D eigenvalue weighted by Crippen LogP contribution is 2.32. The lowest BCUT2D eigenvalue weighted by molar-refractivity contribution is -0.140. The minimum Gasteiger partial charge on any atom is -0.460 e. The van der Waals surface area contributed by atoms with Crippen molar-refractivity contribution in [3.8, 4) is 5.75 Å². The molecule has 11 heteroatoms. The van der Waals surface area contributed by atoms with Crippen molar-refractivity contribution >= 4 is 45.3 Å². The molecule has 0 unspecified atom stereocenters. The summed E-state index contributed by atoms with van der Waals surface area (Å²) >= 11 is 4.70. The van der Waals surface area contributed by atoms with E-state index in [9.17, 15) is 14.4 Å². The highest BCUT2D eigenvalue weighted by Gasteiger charge is 2.33. The van der Waals surface area contributed by atoms with Crippen molar-refractivity contribution in [1.29, 1.82) is 0 Å². The number of hydrogen-bond donors (Lipinski definition) is 0. The van der Waals surface area contributed by atoms with E-state index in [1.807, 2.05) is 24.3 Å². The van der Waals surface area contributed by atoms with Crippen LogP contribution in [0, 0.1) is 0 Å². The van der Waals surface area contributed by atoms with Crippen LogP contribution in [0.25, 0.3) is 6.08 Å². The Kier molecular flexibility index (Phi) is 8.24. The molecule has 0 radical (unpaired) electrons. The molecule has 0 amide bonds. The molecule has 1 atom stereocenters. The molecule has 0 spiro atoms.